The Morgan fingerprint density at radius 1 is 1.46 bits per heavy atom. The van der Waals surface area contributed by atoms with E-state index in [-0.39, 0.29) is 11.8 Å². The first-order valence-corrected chi connectivity index (χ1v) is 4.43. The second-order valence-corrected chi connectivity index (χ2v) is 3.27. The van der Waals surface area contributed by atoms with Crippen molar-refractivity contribution >= 4 is 5.69 Å². The molecule has 0 unspecified atom stereocenters. The Morgan fingerprint density at radius 3 is 2.54 bits per heavy atom. The smallest absolute Gasteiger partial charge is 0.143 e. The molecule has 0 amide bonds. The number of rotatable bonds is 2. The lowest BCUT2D eigenvalue weighted by molar-refractivity contribution is 0.466. The van der Waals surface area contributed by atoms with Crippen LogP contribution in [0.5, 0.6) is 5.75 Å². The lowest BCUT2D eigenvalue weighted by atomic mass is 10.0. The Morgan fingerprint density at radius 2 is 2.08 bits per heavy atom. The zero-order valence-electron chi connectivity index (χ0n) is 8.04. The minimum atomic E-state index is -0.186. The second-order valence-electron chi connectivity index (χ2n) is 3.27. The molecule has 0 aliphatic carbocycles. The normalized spacial score (nSPS) is 12.8. The molecule has 0 saturated carbocycles. The van der Waals surface area contributed by atoms with E-state index in [1.165, 1.54) is 0 Å². The number of phenols is 1. The summed E-state index contributed by atoms with van der Waals surface area (Å²) in [6.07, 6.45) is 0.893. The molecule has 0 fully saturated rings. The van der Waals surface area contributed by atoms with Gasteiger partial charge in [-0.1, -0.05) is 13.0 Å². The average Bonchev–Trinajstić information content (AvgIpc) is 2.09. The van der Waals surface area contributed by atoms with E-state index < -0.39 is 0 Å². The van der Waals surface area contributed by atoms with E-state index in [0.717, 1.165) is 17.5 Å². The van der Waals surface area contributed by atoms with Gasteiger partial charge < -0.3 is 16.6 Å². The fourth-order valence-electron chi connectivity index (χ4n) is 1.30. The molecule has 0 aliphatic rings. The summed E-state index contributed by atoms with van der Waals surface area (Å²) < 4.78 is 0. The second kappa shape index (κ2) is 3.66. The number of hydrogen-bond acceptors (Lipinski definition) is 3. The largest absolute Gasteiger partial charge is 0.505 e. The maximum atomic E-state index is 9.58. The van der Waals surface area contributed by atoms with Crippen LogP contribution >= 0.6 is 0 Å². The standard InChI is InChI=1S/C10H16N2O/c1-3-7-4-8(6(2)11)10(13)9(12)5-7/h4-6,13H,3,11-12H2,1-2H3/t6-/m1/s1. The van der Waals surface area contributed by atoms with Crippen molar-refractivity contribution in [1.29, 1.82) is 0 Å². The van der Waals surface area contributed by atoms with Crippen LogP contribution in [-0.4, -0.2) is 5.11 Å². The van der Waals surface area contributed by atoms with E-state index in [0.29, 0.717) is 5.69 Å². The third-order valence-corrected chi connectivity index (χ3v) is 2.13. The Hall–Kier alpha value is -1.22. The lowest BCUT2D eigenvalue weighted by Gasteiger charge is -2.12. The monoisotopic (exact) mass is 180 g/mol. The summed E-state index contributed by atoms with van der Waals surface area (Å²) in [6.45, 7) is 3.87. The first-order valence-electron chi connectivity index (χ1n) is 4.43. The third kappa shape index (κ3) is 1.92. The Labute approximate surface area is 78.4 Å². The molecule has 72 valence electrons. The van der Waals surface area contributed by atoms with Crippen molar-refractivity contribution in [1.82, 2.24) is 0 Å². The molecule has 1 rings (SSSR count). The first kappa shape index (κ1) is 9.86. The van der Waals surface area contributed by atoms with Gasteiger partial charge in [0.15, 0.2) is 0 Å². The van der Waals surface area contributed by atoms with Crippen LogP contribution in [0, 0.1) is 0 Å². The van der Waals surface area contributed by atoms with Gasteiger partial charge in [-0.2, -0.15) is 0 Å². The van der Waals surface area contributed by atoms with E-state index in [1.807, 2.05) is 19.9 Å². The number of aromatic hydroxyl groups is 1. The van der Waals surface area contributed by atoms with E-state index in [2.05, 4.69) is 0 Å². The highest BCUT2D eigenvalue weighted by Crippen LogP contribution is 2.30. The summed E-state index contributed by atoms with van der Waals surface area (Å²) in [5, 5.41) is 9.58. The van der Waals surface area contributed by atoms with Gasteiger partial charge in [-0.3, -0.25) is 0 Å². The van der Waals surface area contributed by atoms with Gasteiger partial charge in [0.05, 0.1) is 5.69 Å². The highest BCUT2D eigenvalue weighted by molar-refractivity contribution is 5.58. The number of anilines is 1. The van der Waals surface area contributed by atoms with Crippen LogP contribution in [0.25, 0.3) is 0 Å². The molecule has 0 radical (unpaired) electrons. The summed E-state index contributed by atoms with van der Waals surface area (Å²) in [6, 6.07) is 3.49. The van der Waals surface area contributed by atoms with Gasteiger partial charge in [0, 0.05) is 11.6 Å². The molecule has 0 saturated heterocycles. The van der Waals surface area contributed by atoms with Crippen LogP contribution in [0.15, 0.2) is 12.1 Å². The quantitative estimate of drug-likeness (QED) is 0.477. The molecule has 5 N–H and O–H groups in total. The Kier molecular flexibility index (Phi) is 2.78. The molecule has 3 nitrogen and oxygen atoms in total. The van der Waals surface area contributed by atoms with Crippen LogP contribution < -0.4 is 11.5 Å². The maximum absolute atomic E-state index is 9.58. The van der Waals surface area contributed by atoms with Crippen LogP contribution in [-0.2, 0) is 6.42 Å². The number of nitrogens with two attached hydrogens (primary N) is 2. The first-order chi connectivity index (χ1) is 6.06. The van der Waals surface area contributed by atoms with Crippen molar-refractivity contribution in [2.75, 3.05) is 5.73 Å². The fourth-order valence-corrected chi connectivity index (χ4v) is 1.30. The fraction of sp³-hybridized carbons (Fsp3) is 0.400. The van der Waals surface area contributed by atoms with Gasteiger partial charge in [0.25, 0.3) is 0 Å². The van der Waals surface area contributed by atoms with E-state index in [4.69, 9.17) is 11.5 Å². The average molecular weight is 180 g/mol. The SMILES string of the molecule is CCc1cc(N)c(O)c([C@@H](C)N)c1. The molecule has 0 aliphatic heterocycles. The molecule has 3 heteroatoms. The van der Waals surface area contributed by atoms with Gasteiger partial charge in [-0.15, -0.1) is 0 Å². The highest BCUT2D eigenvalue weighted by Gasteiger charge is 2.10. The van der Waals surface area contributed by atoms with Gasteiger partial charge in [-0.05, 0) is 25.0 Å². The molecule has 0 bridgehead atoms. The predicted octanol–water partition coefficient (Wildman–Crippen LogP) is 1.56. The summed E-state index contributed by atoms with van der Waals surface area (Å²) in [7, 11) is 0. The molecule has 0 aromatic heterocycles. The zero-order valence-corrected chi connectivity index (χ0v) is 8.04. The van der Waals surface area contributed by atoms with Crippen molar-refractivity contribution in [3.8, 4) is 5.75 Å². The van der Waals surface area contributed by atoms with Crippen molar-refractivity contribution < 1.29 is 5.11 Å². The third-order valence-electron chi connectivity index (χ3n) is 2.13. The van der Waals surface area contributed by atoms with Crippen LogP contribution in [0.2, 0.25) is 0 Å². The van der Waals surface area contributed by atoms with Gasteiger partial charge >= 0.3 is 0 Å². The van der Waals surface area contributed by atoms with Crippen molar-refractivity contribution in [3.63, 3.8) is 0 Å². The molecule has 0 heterocycles. The van der Waals surface area contributed by atoms with Crippen LogP contribution in [0.1, 0.15) is 31.0 Å². The van der Waals surface area contributed by atoms with E-state index >= 15 is 0 Å². The van der Waals surface area contributed by atoms with Crippen LogP contribution in [0.3, 0.4) is 0 Å². The summed E-state index contributed by atoms with van der Waals surface area (Å²) in [5.41, 5.74) is 13.5. The summed E-state index contributed by atoms with van der Waals surface area (Å²) >= 11 is 0. The molecule has 1 aromatic carbocycles. The zero-order chi connectivity index (χ0) is 10.0. The summed E-state index contributed by atoms with van der Waals surface area (Å²) in [4.78, 5) is 0. The van der Waals surface area contributed by atoms with E-state index in [9.17, 15) is 5.11 Å². The minimum Gasteiger partial charge on any atom is -0.505 e. The van der Waals surface area contributed by atoms with Crippen molar-refractivity contribution in [2.45, 2.75) is 26.3 Å². The Balaban J connectivity index is 3.25. The molecule has 13 heavy (non-hydrogen) atoms. The topological polar surface area (TPSA) is 72.3 Å². The van der Waals surface area contributed by atoms with Crippen LogP contribution in [0.4, 0.5) is 5.69 Å². The number of hydrogen-bond donors (Lipinski definition) is 3. The molecular formula is C10H16N2O. The molecular weight excluding hydrogens is 164 g/mol. The minimum absolute atomic E-state index is 0.118. The molecule has 1 aromatic rings. The van der Waals surface area contributed by atoms with Gasteiger partial charge in [0.1, 0.15) is 5.75 Å². The van der Waals surface area contributed by atoms with Gasteiger partial charge in [0.2, 0.25) is 0 Å². The van der Waals surface area contributed by atoms with E-state index in [1.54, 1.807) is 6.07 Å². The lowest BCUT2D eigenvalue weighted by Crippen LogP contribution is -2.07. The van der Waals surface area contributed by atoms with Gasteiger partial charge in [-0.25, -0.2) is 0 Å². The number of phenolic OH excluding ortho intramolecular Hbond substituents is 1. The maximum Gasteiger partial charge on any atom is 0.143 e. The summed E-state index contributed by atoms with van der Waals surface area (Å²) in [5.74, 6) is 0.118. The van der Waals surface area contributed by atoms with Crippen molar-refractivity contribution in [3.05, 3.63) is 23.3 Å². The predicted molar refractivity (Wildman–Crippen MR) is 54.5 cm³/mol. The number of nitrogen functional groups attached to an aromatic ring is 1. The molecule has 0 spiro atoms. The Bertz CT molecular complexity index is 308. The molecule has 1 atom stereocenters. The highest BCUT2D eigenvalue weighted by atomic mass is 16.3. The van der Waals surface area contributed by atoms with Crippen molar-refractivity contribution in [2.24, 2.45) is 5.73 Å². The number of benzene rings is 1. The number of aryl methyl sites for hydroxylation is 1.